The molecule has 1 aromatic carbocycles. The Hall–Kier alpha value is -2.06. The highest BCUT2D eigenvalue weighted by Crippen LogP contribution is 2.46. The third-order valence-electron chi connectivity index (χ3n) is 7.88. The number of ether oxygens (including phenoxy) is 1. The third kappa shape index (κ3) is 4.92. The number of carbonyl (C=O) groups excluding carboxylic acids is 2. The fourth-order valence-corrected chi connectivity index (χ4v) is 7.24. The summed E-state index contributed by atoms with van der Waals surface area (Å²) in [7, 11) is 0. The smallest absolute Gasteiger partial charge is 0.253 e. The maximum atomic E-state index is 13.0. The lowest BCUT2D eigenvalue weighted by Crippen LogP contribution is -2.49. The lowest BCUT2D eigenvalue weighted by atomic mass is 9.91. The third-order valence-corrected chi connectivity index (χ3v) is 9.18. The fraction of sp³-hybridized carbons (Fsp3) is 0.640. The molecule has 2 heterocycles. The molecule has 7 nitrogen and oxygen atoms in total. The lowest BCUT2D eigenvalue weighted by Gasteiger charge is -2.43. The number of anilines is 1. The first kappa shape index (κ1) is 22.7. The quantitative estimate of drug-likeness (QED) is 0.693. The Morgan fingerprint density at radius 2 is 1.88 bits per heavy atom. The number of amidine groups is 1. The highest BCUT2D eigenvalue weighted by Gasteiger charge is 2.44. The Labute approximate surface area is 200 Å². The zero-order valence-corrected chi connectivity index (χ0v) is 20.3. The van der Waals surface area contributed by atoms with Gasteiger partial charge in [0.25, 0.3) is 5.91 Å². The van der Waals surface area contributed by atoms with Crippen LogP contribution in [0, 0.1) is 17.8 Å². The van der Waals surface area contributed by atoms with Crippen LogP contribution in [0.1, 0.15) is 62.7 Å². The lowest BCUT2D eigenvalue weighted by molar-refractivity contribution is -0.114. The van der Waals surface area contributed by atoms with Crippen LogP contribution >= 0.6 is 11.8 Å². The Bertz CT molecular complexity index is 928. The number of likely N-dealkylation sites (tertiary alicyclic amines) is 1. The van der Waals surface area contributed by atoms with Gasteiger partial charge < -0.3 is 20.3 Å². The van der Waals surface area contributed by atoms with Crippen molar-refractivity contribution in [3.05, 3.63) is 29.8 Å². The normalized spacial score (nSPS) is 31.9. The van der Waals surface area contributed by atoms with Gasteiger partial charge in [0.2, 0.25) is 5.91 Å². The second kappa shape index (κ2) is 9.29. The van der Waals surface area contributed by atoms with Gasteiger partial charge >= 0.3 is 0 Å². The molecule has 1 unspecified atom stereocenters. The largest absolute Gasteiger partial charge is 0.362 e. The van der Waals surface area contributed by atoms with E-state index < -0.39 is 0 Å². The van der Waals surface area contributed by atoms with E-state index in [4.69, 9.17) is 4.74 Å². The predicted molar refractivity (Wildman–Crippen MR) is 131 cm³/mol. The first-order valence-electron chi connectivity index (χ1n) is 12.2. The summed E-state index contributed by atoms with van der Waals surface area (Å²) in [6.45, 7) is 5.52. The molecule has 0 radical (unpaired) electrons. The van der Waals surface area contributed by atoms with Crippen molar-refractivity contribution in [1.82, 2.24) is 10.2 Å². The highest BCUT2D eigenvalue weighted by atomic mass is 32.2. The van der Waals surface area contributed by atoms with Crippen LogP contribution in [0.25, 0.3) is 0 Å². The van der Waals surface area contributed by atoms with E-state index >= 15 is 0 Å². The number of amides is 2. The fourth-order valence-electron chi connectivity index (χ4n) is 6.02. The molecule has 33 heavy (non-hydrogen) atoms. The molecule has 3 fully saturated rings. The van der Waals surface area contributed by atoms with Crippen LogP contribution in [0.15, 0.2) is 29.3 Å². The molecule has 2 saturated carbocycles. The molecule has 0 spiro atoms. The van der Waals surface area contributed by atoms with E-state index in [0.717, 1.165) is 42.9 Å². The average molecular weight is 471 g/mol. The van der Waals surface area contributed by atoms with E-state index in [-0.39, 0.29) is 16.7 Å². The Morgan fingerprint density at radius 3 is 2.52 bits per heavy atom. The molecule has 4 aliphatic rings. The Morgan fingerprint density at radius 1 is 1.12 bits per heavy atom. The van der Waals surface area contributed by atoms with Crippen molar-refractivity contribution in [2.24, 2.45) is 22.7 Å². The first-order valence-corrected chi connectivity index (χ1v) is 13.0. The summed E-state index contributed by atoms with van der Waals surface area (Å²) in [6, 6.07) is 7.70. The van der Waals surface area contributed by atoms with E-state index in [1.807, 2.05) is 4.90 Å². The molecule has 2 aliphatic heterocycles. The van der Waals surface area contributed by atoms with Crippen molar-refractivity contribution in [2.75, 3.05) is 25.1 Å². The topological polar surface area (TPSA) is 83.0 Å². The summed E-state index contributed by atoms with van der Waals surface area (Å²) in [5, 5.41) is 7.53. The van der Waals surface area contributed by atoms with Crippen LogP contribution in [0.4, 0.5) is 5.69 Å². The van der Waals surface area contributed by atoms with E-state index in [1.54, 1.807) is 36.0 Å². The van der Waals surface area contributed by atoms with Gasteiger partial charge in [-0.15, -0.1) is 0 Å². The number of piperidine rings is 1. The van der Waals surface area contributed by atoms with E-state index in [9.17, 15) is 9.59 Å². The van der Waals surface area contributed by atoms with Crippen molar-refractivity contribution in [3.8, 4) is 0 Å². The number of hydrogen-bond acceptors (Lipinski definition) is 6. The van der Waals surface area contributed by atoms with Gasteiger partial charge in [-0.3, -0.25) is 9.59 Å². The van der Waals surface area contributed by atoms with Crippen LogP contribution < -0.4 is 10.6 Å². The minimum absolute atomic E-state index is 0.0467. The number of aliphatic imine (C=N–C) groups is 1. The number of fused-ring (bicyclic) bond motifs is 2. The number of thioether (sulfide) groups is 1. The number of rotatable bonds is 4. The van der Waals surface area contributed by atoms with E-state index in [1.165, 1.54) is 32.6 Å². The molecule has 178 valence electrons. The van der Waals surface area contributed by atoms with Crippen molar-refractivity contribution in [1.29, 1.82) is 0 Å². The van der Waals surface area contributed by atoms with Crippen LogP contribution in [0.3, 0.4) is 0 Å². The SMILES string of the molecule is CC(=O)Nc1ccc(C(=O)N2CCC(C3(C)OCN=C(N[C@H]4C[C@@H]5CC[C@H]4C5)S3)CC2)cc1. The summed E-state index contributed by atoms with van der Waals surface area (Å²) in [6.07, 6.45) is 7.26. The van der Waals surface area contributed by atoms with E-state index in [2.05, 4.69) is 22.5 Å². The minimum Gasteiger partial charge on any atom is -0.362 e. The summed E-state index contributed by atoms with van der Waals surface area (Å²) < 4.78 is 6.18. The maximum absolute atomic E-state index is 13.0. The molecule has 4 atom stereocenters. The van der Waals surface area contributed by atoms with Crippen LogP contribution in [-0.2, 0) is 9.53 Å². The molecule has 0 aromatic heterocycles. The Balaban J connectivity index is 1.14. The van der Waals surface area contributed by atoms with Crippen LogP contribution in [0.5, 0.6) is 0 Å². The van der Waals surface area contributed by atoms with Gasteiger partial charge in [0.1, 0.15) is 11.7 Å². The van der Waals surface area contributed by atoms with Gasteiger partial charge in [-0.25, -0.2) is 4.99 Å². The number of carbonyl (C=O) groups is 2. The predicted octanol–water partition coefficient (Wildman–Crippen LogP) is 4.07. The molecular weight excluding hydrogens is 436 g/mol. The minimum atomic E-state index is -0.309. The molecule has 8 heteroatoms. The number of nitrogens with one attached hydrogen (secondary N) is 2. The molecule has 5 rings (SSSR count). The zero-order valence-electron chi connectivity index (χ0n) is 19.5. The standard InChI is InChI=1S/C25H34N4O3S/c1-16(30)27-21-7-5-18(6-8-21)23(31)29-11-9-20(10-12-29)25(2)32-15-26-24(33-25)28-22-14-17-3-4-19(22)13-17/h5-8,17,19-20,22H,3-4,9-15H2,1-2H3,(H,26,28)(H,27,30)/t17-,19+,22+,25?/m1/s1. The maximum Gasteiger partial charge on any atom is 0.253 e. The number of benzene rings is 1. The van der Waals surface area contributed by atoms with Gasteiger partial charge in [-0.1, -0.05) is 18.2 Å². The molecule has 2 aliphatic carbocycles. The summed E-state index contributed by atoms with van der Waals surface area (Å²) in [4.78, 5) is 30.4. The number of nitrogens with zero attached hydrogens (tertiary/aromatic N) is 2. The second-order valence-corrected chi connectivity index (χ2v) is 11.5. The number of hydrogen-bond donors (Lipinski definition) is 2. The molecule has 1 aromatic rings. The summed E-state index contributed by atoms with van der Waals surface area (Å²) in [5.41, 5.74) is 1.36. The summed E-state index contributed by atoms with van der Waals surface area (Å²) in [5.74, 6) is 2.03. The molecule has 1 saturated heterocycles. The van der Waals surface area contributed by atoms with Crippen LogP contribution in [-0.4, -0.2) is 52.7 Å². The van der Waals surface area contributed by atoms with Crippen molar-refractivity contribution < 1.29 is 14.3 Å². The van der Waals surface area contributed by atoms with Crippen molar-refractivity contribution >= 4 is 34.4 Å². The zero-order chi connectivity index (χ0) is 23.0. The summed E-state index contributed by atoms with van der Waals surface area (Å²) >= 11 is 1.75. The van der Waals surface area contributed by atoms with Crippen molar-refractivity contribution in [3.63, 3.8) is 0 Å². The highest BCUT2D eigenvalue weighted by molar-refractivity contribution is 8.14. The van der Waals surface area contributed by atoms with Crippen molar-refractivity contribution in [2.45, 2.75) is 63.3 Å². The molecule has 2 N–H and O–H groups in total. The van der Waals surface area contributed by atoms with Gasteiger partial charge in [-0.05, 0) is 75.1 Å². The molecular formula is C25H34N4O3S. The van der Waals surface area contributed by atoms with E-state index in [0.29, 0.717) is 29.9 Å². The van der Waals surface area contributed by atoms with Gasteiger partial charge in [0.05, 0.1) is 0 Å². The molecule has 2 bridgehead atoms. The average Bonchev–Trinajstić information content (AvgIpc) is 3.42. The van der Waals surface area contributed by atoms with Gasteiger partial charge in [0.15, 0.2) is 5.17 Å². The second-order valence-electron chi connectivity index (χ2n) is 10.1. The first-order chi connectivity index (χ1) is 15.9. The monoisotopic (exact) mass is 470 g/mol. The van der Waals surface area contributed by atoms with Gasteiger partial charge in [-0.2, -0.15) is 0 Å². The van der Waals surface area contributed by atoms with Crippen LogP contribution in [0.2, 0.25) is 0 Å². The van der Waals surface area contributed by atoms with Gasteiger partial charge in [0, 0.05) is 43.2 Å². The Kier molecular flexibility index (Phi) is 6.40. The molecule has 2 amide bonds.